The SMILES string of the molecule is Cl.FC(F)(F)c1cccc(-c2nnc3n2-c2cc(C(F)(F)F)ccc2Cn2cccc2-3)c1. The second kappa shape index (κ2) is 7.40. The molecule has 5 rings (SSSR count). The summed E-state index contributed by atoms with van der Waals surface area (Å²) in [5.74, 6) is 0.270. The quantitative estimate of drug-likeness (QED) is 0.272. The van der Waals surface area contributed by atoms with E-state index < -0.39 is 23.5 Å². The Kier molecular flexibility index (Phi) is 5.08. The maximum absolute atomic E-state index is 13.4. The second-order valence-corrected chi connectivity index (χ2v) is 7.12. The fourth-order valence-corrected chi connectivity index (χ4v) is 3.72. The highest BCUT2D eigenvalue weighted by Gasteiger charge is 2.34. The molecule has 2 aromatic heterocycles. The van der Waals surface area contributed by atoms with Crippen molar-refractivity contribution in [3.05, 3.63) is 77.5 Å². The van der Waals surface area contributed by atoms with Crippen LogP contribution in [0.4, 0.5) is 26.3 Å². The first-order valence-corrected chi connectivity index (χ1v) is 9.12. The van der Waals surface area contributed by atoms with Crippen LogP contribution >= 0.6 is 12.4 Å². The van der Waals surface area contributed by atoms with Crippen LogP contribution in [0.5, 0.6) is 0 Å². The fourth-order valence-electron chi connectivity index (χ4n) is 3.72. The van der Waals surface area contributed by atoms with Crippen LogP contribution in [-0.4, -0.2) is 19.3 Å². The highest BCUT2D eigenvalue weighted by Crippen LogP contribution is 2.38. The lowest BCUT2D eigenvalue weighted by molar-refractivity contribution is -0.138. The molecule has 0 saturated heterocycles. The molecule has 3 heterocycles. The van der Waals surface area contributed by atoms with Gasteiger partial charge in [0.1, 0.15) is 0 Å². The first kappa shape index (κ1) is 21.9. The summed E-state index contributed by atoms with van der Waals surface area (Å²) in [6.07, 6.45) is -7.40. The van der Waals surface area contributed by atoms with Gasteiger partial charge in [0.2, 0.25) is 0 Å². The van der Waals surface area contributed by atoms with Crippen molar-refractivity contribution in [1.29, 1.82) is 0 Å². The highest BCUT2D eigenvalue weighted by molar-refractivity contribution is 5.85. The summed E-state index contributed by atoms with van der Waals surface area (Å²) in [6.45, 7) is 0.279. The molecule has 2 aromatic carbocycles. The van der Waals surface area contributed by atoms with Gasteiger partial charge in [-0.2, -0.15) is 26.3 Å². The molecule has 11 heteroatoms. The van der Waals surface area contributed by atoms with Crippen molar-refractivity contribution in [2.75, 3.05) is 0 Å². The first-order chi connectivity index (χ1) is 14.6. The minimum absolute atomic E-state index is 0. The summed E-state index contributed by atoms with van der Waals surface area (Å²) in [7, 11) is 0. The fraction of sp³-hybridized carbons (Fsp3) is 0.143. The van der Waals surface area contributed by atoms with Gasteiger partial charge >= 0.3 is 12.4 Å². The highest BCUT2D eigenvalue weighted by atomic mass is 35.5. The molecule has 0 amide bonds. The number of hydrogen-bond donors (Lipinski definition) is 0. The Morgan fingerprint density at radius 1 is 0.750 bits per heavy atom. The third-order valence-corrected chi connectivity index (χ3v) is 5.16. The molecule has 4 aromatic rings. The van der Waals surface area contributed by atoms with E-state index in [1.54, 1.807) is 22.9 Å². The van der Waals surface area contributed by atoms with E-state index >= 15 is 0 Å². The number of aromatic nitrogens is 4. The van der Waals surface area contributed by atoms with E-state index in [0.717, 1.165) is 24.3 Å². The smallest absolute Gasteiger partial charge is 0.340 e. The van der Waals surface area contributed by atoms with Crippen LogP contribution in [0.15, 0.2) is 60.8 Å². The van der Waals surface area contributed by atoms with Crippen molar-refractivity contribution in [1.82, 2.24) is 19.3 Å². The monoisotopic (exact) mass is 470 g/mol. The molecule has 0 aliphatic carbocycles. The van der Waals surface area contributed by atoms with Gasteiger partial charge in [0.15, 0.2) is 11.6 Å². The molecule has 0 N–H and O–H groups in total. The Bertz CT molecular complexity index is 1300. The largest absolute Gasteiger partial charge is 0.416 e. The molecule has 32 heavy (non-hydrogen) atoms. The predicted molar refractivity (Wildman–Crippen MR) is 107 cm³/mol. The summed E-state index contributed by atoms with van der Waals surface area (Å²) in [5, 5.41) is 8.17. The zero-order valence-corrected chi connectivity index (χ0v) is 16.8. The van der Waals surface area contributed by atoms with Crippen LogP contribution in [0, 0.1) is 0 Å². The third-order valence-electron chi connectivity index (χ3n) is 5.16. The summed E-state index contributed by atoms with van der Waals surface area (Å²) in [6, 6.07) is 11.3. The molecule has 0 radical (unpaired) electrons. The maximum atomic E-state index is 13.4. The Hall–Kier alpha value is -3.27. The van der Waals surface area contributed by atoms with Crippen molar-refractivity contribution in [3.8, 4) is 28.6 Å². The molecule has 1 aliphatic rings. The van der Waals surface area contributed by atoms with Gasteiger partial charge in [-0.3, -0.25) is 4.57 Å². The van der Waals surface area contributed by atoms with Crippen molar-refractivity contribution in [2.45, 2.75) is 18.9 Å². The van der Waals surface area contributed by atoms with E-state index in [1.807, 2.05) is 0 Å². The van der Waals surface area contributed by atoms with E-state index in [4.69, 9.17) is 0 Å². The number of benzene rings is 2. The predicted octanol–water partition coefficient (Wildman–Crippen LogP) is 6.22. The Morgan fingerprint density at radius 2 is 1.44 bits per heavy atom. The van der Waals surface area contributed by atoms with Gasteiger partial charge in [-0.25, -0.2) is 0 Å². The van der Waals surface area contributed by atoms with E-state index in [2.05, 4.69) is 10.2 Å². The van der Waals surface area contributed by atoms with Crippen LogP contribution in [0.1, 0.15) is 16.7 Å². The van der Waals surface area contributed by atoms with E-state index in [-0.39, 0.29) is 41.9 Å². The van der Waals surface area contributed by atoms with Crippen LogP contribution in [-0.2, 0) is 18.9 Å². The summed E-state index contributed by atoms with van der Waals surface area (Å²) >= 11 is 0. The van der Waals surface area contributed by atoms with Crippen LogP contribution in [0.2, 0.25) is 0 Å². The number of nitrogens with zero attached hydrogens (tertiary/aromatic N) is 4. The first-order valence-electron chi connectivity index (χ1n) is 9.12. The average Bonchev–Trinajstić information content (AvgIpc) is 3.31. The molecule has 1 aliphatic heterocycles. The molecular formula is C21H13ClF6N4. The standard InChI is InChI=1S/C21H12F6N4.ClH/c22-20(23,24)14-4-1-3-12(9-14)18-28-29-19-16-5-2-8-30(16)11-13-6-7-15(21(25,26)27)10-17(13)31(18)19;/h1-10H,11H2;1H. The van der Waals surface area contributed by atoms with Crippen LogP contribution < -0.4 is 0 Å². The summed E-state index contributed by atoms with van der Waals surface area (Å²) in [4.78, 5) is 0. The zero-order valence-electron chi connectivity index (χ0n) is 15.9. The molecular weight excluding hydrogens is 458 g/mol. The third kappa shape index (κ3) is 3.54. The van der Waals surface area contributed by atoms with Gasteiger partial charge in [-0.1, -0.05) is 18.2 Å². The lowest BCUT2D eigenvalue weighted by Gasteiger charge is -2.15. The van der Waals surface area contributed by atoms with Crippen LogP contribution in [0.25, 0.3) is 28.6 Å². The van der Waals surface area contributed by atoms with E-state index in [1.165, 1.54) is 22.8 Å². The Labute approximate surface area is 183 Å². The van der Waals surface area contributed by atoms with Gasteiger partial charge in [0.05, 0.1) is 22.5 Å². The molecule has 4 nitrogen and oxygen atoms in total. The van der Waals surface area contributed by atoms with Gasteiger partial charge in [0.25, 0.3) is 0 Å². The summed E-state index contributed by atoms with van der Waals surface area (Å²) in [5.41, 5.74) is -0.341. The number of halogens is 7. The van der Waals surface area contributed by atoms with E-state index in [9.17, 15) is 26.3 Å². The number of fused-ring (bicyclic) bond motifs is 5. The molecule has 0 atom stereocenters. The lowest BCUT2D eigenvalue weighted by atomic mass is 10.1. The Morgan fingerprint density at radius 3 is 2.16 bits per heavy atom. The summed E-state index contributed by atoms with van der Waals surface area (Å²) < 4.78 is 83.1. The number of hydrogen-bond acceptors (Lipinski definition) is 2. The van der Waals surface area contributed by atoms with Crippen LogP contribution in [0.3, 0.4) is 0 Å². The topological polar surface area (TPSA) is 35.6 Å². The van der Waals surface area contributed by atoms with Gasteiger partial charge in [-0.05, 0) is 42.0 Å². The molecule has 0 spiro atoms. The average molecular weight is 471 g/mol. The molecule has 0 bridgehead atoms. The minimum Gasteiger partial charge on any atom is -0.340 e. The van der Waals surface area contributed by atoms with Crippen molar-refractivity contribution >= 4 is 12.4 Å². The van der Waals surface area contributed by atoms with Crippen molar-refractivity contribution in [3.63, 3.8) is 0 Å². The van der Waals surface area contributed by atoms with E-state index in [0.29, 0.717) is 11.3 Å². The zero-order chi connectivity index (χ0) is 22.0. The van der Waals surface area contributed by atoms with Crippen molar-refractivity contribution < 1.29 is 26.3 Å². The maximum Gasteiger partial charge on any atom is 0.416 e. The van der Waals surface area contributed by atoms with Gasteiger partial charge in [0, 0.05) is 18.3 Å². The Balaban J connectivity index is 0.00000245. The molecule has 0 unspecified atom stereocenters. The normalized spacial score (nSPS) is 12.9. The minimum atomic E-state index is -4.58. The molecule has 0 saturated carbocycles. The lowest BCUT2D eigenvalue weighted by Crippen LogP contribution is -2.09. The van der Waals surface area contributed by atoms with Gasteiger partial charge in [-0.15, -0.1) is 22.6 Å². The number of rotatable bonds is 1. The van der Waals surface area contributed by atoms with Crippen molar-refractivity contribution in [2.24, 2.45) is 0 Å². The second-order valence-electron chi connectivity index (χ2n) is 7.12. The van der Waals surface area contributed by atoms with Gasteiger partial charge < -0.3 is 4.57 Å². The molecule has 166 valence electrons. The molecule has 0 fully saturated rings. The number of alkyl halides is 6.